The minimum Gasteiger partial charge on any atom is -0.332 e. The third kappa shape index (κ3) is 4.97. The molecule has 0 spiro atoms. The molecule has 0 saturated carbocycles. The summed E-state index contributed by atoms with van der Waals surface area (Å²) in [6.07, 6.45) is -4.63. The maximum atomic E-state index is 13.2. The number of carbonyl (C=O) groups is 1. The summed E-state index contributed by atoms with van der Waals surface area (Å²) in [6, 6.07) is 3.80. The van der Waals surface area contributed by atoms with Crippen LogP contribution < -0.4 is 10.6 Å². The smallest absolute Gasteiger partial charge is 0.332 e. The Morgan fingerprint density at radius 2 is 1.80 bits per heavy atom. The van der Waals surface area contributed by atoms with Gasteiger partial charge in [-0.3, -0.25) is 5.10 Å². The minimum atomic E-state index is -4.63. The molecule has 0 fully saturated rings. The van der Waals surface area contributed by atoms with E-state index in [1.54, 1.807) is 6.92 Å². The highest BCUT2D eigenvalue weighted by Crippen LogP contribution is 2.37. The van der Waals surface area contributed by atoms with Crippen molar-refractivity contribution < 1.29 is 18.0 Å². The molecule has 0 radical (unpaired) electrons. The Morgan fingerprint density at radius 3 is 2.40 bits per heavy atom. The lowest BCUT2D eigenvalue weighted by Gasteiger charge is -2.11. The maximum Gasteiger partial charge on any atom is 0.435 e. The second kappa shape index (κ2) is 8.44. The molecular weight excluding hydrogens is 446 g/mol. The molecule has 0 saturated heterocycles. The fourth-order valence-corrected chi connectivity index (χ4v) is 3.14. The summed E-state index contributed by atoms with van der Waals surface area (Å²) in [6.45, 7) is 3.06. The third-order valence-corrected chi connectivity index (χ3v) is 4.33. The SMILES string of the molecule is Cc1cc(CNC(=O)Nc2cc(Cl)nc(Cl)c2)nnc1-c1c(C(F)(F)F)n[nH]c1C. The van der Waals surface area contributed by atoms with Gasteiger partial charge in [0, 0.05) is 11.4 Å². The number of rotatable bonds is 4. The van der Waals surface area contributed by atoms with Crippen molar-refractivity contribution in [3.63, 3.8) is 0 Å². The van der Waals surface area contributed by atoms with Gasteiger partial charge in [-0.15, -0.1) is 5.10 Å². The van der Waals surface area contributed by atoms with Gasteiger partial charge in [-0.05, 0) is 37.6 Å². The predicted octanol–water partition coefficient (Wildman–Crippen LogP) is 4.53. The number of aromatic amines is 1. The Morgan fingerprint density at radius 1 is 1.13 bits per heavy atom. The van der Waals surface area contributed by atoms with Crippen LogP contribution in [0.3, 0.4) is 0 Å². The molecule has 0 aromatic carbocycles. The Bertz CT molecular complexity index is 1080. The molecule has 0 aliphatic heterocycles. The summed E-state index contributed by atoms with van der Waals surface area (Å²) in [7, 11) is 0. The van der Waals surface area contributed by atoms with E-state index < -0.39 is 17.9 Å². The number of aryl methyl sites for hydroxylation is 2. The molecule has 0 aliphatic carbocycles. The van der Waals surface area contributed by atoms with Crippen LogP contribution in [0.25, 0.3) is 11.3 Å². The molecule has 30 heavy (non-hydrogen) atoms. The molecule has 158 valence electrons. The van der Waals surface area contributed by atoms with Gasteiger partial charge in [0.25, 0.3) is 0 Å². The molecule has 3 aromatic rings. The largest absolute Gasteiger partial charge is 0.435 e. The van der Waals surface area contributed by atoms with E-state index in [9.17, 15) is 18.0 Å². The van der Waals surface area contributed by atoms with Crippen LogP contribution in [0.2, 0.25) is 10.3 Å². The fourth-order valence-electron chi connectivity index (χ4n) is 2.68. The molecule has 0 unspecified atom stereocenters. The van der Waals surface area contributed by atoms with Crippen LogP contribution in [0.15, 0.2) is 18.2 Å². The number of amides is 2. The van der Waals surface area contributed by atoms with Crippen molar-refractivity contribution in [2.45, 2.75) is 26.6 Å². The lowest BCUT2D eigenvalue weighted by molar-refractivity contribution is -0.140. The number of alkyl halides is 3. The summed E-state index contributed by atoms with van der Waals surface area (Å²) < 4.78 is 39.6. The normalized spacial score (nSPS) is 11.4. The van der Waals surface area contributed by atoms with Gasteiger partial charge in [-0.2, -0.15) is 23.4 Å². The zero-order chi connectivity index (χ0) is 22.1. The van der Waals surface area contributed by atoms with Crippen molar-refractivity contribution in [2.24, 2.45) is 0 Å². The fraction of sp³-hybridized carbons (Fsp3) is 0.235. The summed E-state index contributed by atoms with van der Waals surface area (Å²) in [5.74, 6) is 0. The van der Waals surface area contributed by atoms with Crippen LogP contribution in [0.1, 0.15) is 22.6 Å². The maximum absolute atomic E-state index is 13.2. The van der Waals surface area contributed by atoms with E-state index in [0.29, 0.717) is 16.9 Å². The number of anilines is 1. The van der Waals surface area contributed by atoms with Crippen LogP contribution >= 0.6 is 23.2 Å². The van der Waals surface area contributed by atoms with E-state index in [-0.39, 0.29) is 33.8 Å². The number of H-pyrrole nitrogens is 1. The quantitative estimate of drug-likeness (QED) is 0.496. The molecule has 0 atom stereocenters. The highest BCUT2D eigenvalue weighted by atomic mass is 35.5. The van der Waals surface area contributed by atoms with Crippen molar-refractivity contribution in [2.75, 3.05) is 5.32 Å². The summed E-state index contributed by atoms with van der Waals surface area (Å²) in [5, 5.41) is 18.8. The third-order valence-electron chi connectivity index (χ3n) is 3.94. The average molecular weight is 460 g/mol. The first-order chi connectivity index (χ1) is 14.0. The lowest BCUT2D eigenvalue weighted by atomic mass is 10.0. The van der Waals surface area contributed by atoms with Gasteiger partial charge in [0.2, 0.25) is 0 Å². The second-order valence-electron chi connectivity index (χ2n) is 6.25. The Balaban J connectivity index is 1.72. The van der Waals surface area contributed by atoms with Crippen LogP contribution in [-0.2, 0) is 12.7 Å². The van der Waals surface area contributed by atoms with Crippen LogP contribution in [-0.4, -0.2) is 31.4 Å². The number of carbonyl (C=O) groups excluding carboxylic acids is 1. The Kier molecular flexibility index (Phi) is 6.13. The number of nitrogens with zero attached hydrogens (tertiary/aromatic N) is 4. The summed E-state index contributed by atoms with van der Waals surface area (Å²) in [5.41, 5.74) is 0.207. The van der Waals surface area contributed by atoms with Gasteiger partial charge in [0.1, 0.15) is 10.3 Å². The van der Waals surface area contributed by atoms with E-state index in [4.69, 9.17) is 23.2 Å². The van der Waals surface area contributed by atoms with E-state index in [1.165, 1.54) is 25.1 Å². The number of pyridine rings is 1. The Hall–Kier alpha value is -2.92. The molecular formula is C17H14Cl2F3N7O. The zero-order valence-electron chi connectivity index (χ0n) is 15.5. The number of aromatic nitrogens is 5. The van der Waals surface area contributed by atoms with Crippen molar-refractivity contribution >= 4 is 34.9 Å². The number of hydrogen-bond donors (Lipinski definition) is 3. The molecule has 3 rings (SSSR count). The van der Waals surface area contributed by atoms with Crippen molar-refractivity contribution in [1.29, 1.82) is 0 Å². The van der Waals surface area contributed by atoms with E-state index >= 15 is 0 Å². The van der Waals surface area contributed by atoms with Crippen molar-refractivity contribution in [3.8, 4) is 11.3 Å². The topological polar surface area (TPSA) is 108 Å². The molecule has 2 amide bonds. The van der Waals surface area contributed by atoms with Gasteiger partial charge >= 0.3 is 12.2 Å². The molecule has 3 aromatic heterocycles. The van der Waals surface area contributed by atoms with Gasteiger partial charge in [0.15, 0.2) is 5.69 Å². The second-order valence-corrected chi connectivity index (χ2v) is 7.02. The van der Waals surface area contributed by atoms with Gasteiger partial charge in [0.05, 0.1) is 23.5 Å². The number of nitrogens with one attached hydrogen (secondary N) is 3. The molecule has 3 N–H and O–H groups in total. The van der Waals surface area contributed by atoms with E-state index in [1.807, 2.05) is 0 Å². The molecule has 0 aliphatic rings. The number of hydrogen-bond acceptors (Lipinski definition) is 5. The summed E-state index contributed by atoms with van der Waals surface area (Å²) >= 11 is 11.5. The molecule has 8 nitrogen and oxygen atoms in total. The molecule has 13 heteroatoms. The number of urea groups is 1. The first-order valence-corrected chi connectivity index (χ1v) is 9.14. The van der Waals surface area contributed by atoms with E-state index in [0.717, 1.165) is 0 Å². The van der Waals surface area contributed by atoms with Gasteiger partial charge in [-0.1, -0.05) is 23.2 Å². The van der Waals surface area contributed by atoms with Gasteiger partial charge in [-0.25, -0.2) is 9.78 Å². The van der Waals surface area contributed by atoms with Crippen molar-refractivity contribution in [3.05, 3.63) is 51.2 Å². The van der Waals surface area contributed by atoms with Crippen LogP contribution in [0.5, 0.6) is 0 Å². The zero-order valence-corrected chi connectivity index (χ0v) is 17.0. The van der Waals surface area contributed by atoms with Crippen LogP contribution in [0, 0.1) is 13.8 Å². The van der Waals surface area contributed by atoms with E-state index in [2.05, 4.69) is 36.0 Å². The average Bonchev–Trinajstić information content (AvgIpc) is 3.01. The minimum absolute atomic E-state index is 0.0109. The highest BCUT2D eigenvalue weighted by molar-refractivity contribution is 6.32. The first-order valence-electron chi connectivity index (χ1n) is 8.38. The van der Waals surface area contributed by atoms with Crippen molar-refractivity contribution in [1.82, 2.24) is 30.7 Å². The predicted molar refractivity (Wildman–Crippen MR) is 104 cm³/mol. The highest BCUT2D eigenvalue weighted by Gasteiger charge is 2.38. The van der Waals surface area contributed by atoms with Gasteiger partial charge < -0.3 is 10.6 Å². The Labute approximate surface area is 178 Å². The standard InChI is InChI=1S/C17H14Cl2F3N7O/c1-7-3-10(6-23-16(30)24-9-4-11(18)25-12(19)5-9)27-28-14(7)13-8(2)26-29-15(13)17(20,21)22/h3-5H,6H2,1-2H3,(H,26,29)(H2,23,24,25,30). The summed E-state index contributed by atoms with van der Waals surface area (Å²) in [4.78, 5) is 15.8. The molecule has 0 bridgehead atoms. The lowest BCUT2D eigenvalue weighted by Crippen LogP contribution is -2.28. The first kappa shape index (κ1) is 21.8. The van der Waals surface area contributed by atoms with Crippen LogP contribution in [0.4, 0.5) is 23.7 Å². The number of halogens is 5. The monoisotopic (exact) mass is 459 g/mol. The molecule has 3 heterocycles.